The molecule has 5 nitrogen and oxygen atoms in total. The number of aliphatic carboxylic acids is 1. The number of carbonyl (C=O) groups excluding carboxylic acids is 1. The first-order valence-corrected chi connectivity index (χ1v) is 5.74. The number of rotatable bonds is 5. The summed E-state index contributed by atoms with van der Waals surface area (Å²) in [6, 6.07) is 3.95. The fourth-order valence-electron chi connectivity index (χ4n) is 1.50. The predicted molar refractivity (Wildman–Crippen MR) is 66.8 cm³/mol. The van der Waals surface area contributed by atoms with E-state index < -0.39 is 23.2 Å². The number of ether oxygens (including phenoxy) is 1. The molecule has 1 atom stereocenters. The van der Waals surface area contributed by atoms with Gasteiger partial charge in [-0.15, -0.1) is 0 Å². The molecule has 0 aromatic heterocycles. The Hall–Kier alpha value is -2.11. The number of halogens is 1. The molecular formula is C13H16FNO4. The van der Waals surface area contributed by atoms with E-state index >= 15 is 0 Å². The van der Waals surface area contributed by atoms with Gasteiger partial charge in [-0.2, -0.15) is 0 Å². The van der Waals surface area contributed by atoms with Gasteiger partial charge in [0.2, 0.25) is 0 Å². The highest BCUT2D eigenvalue weighted by Crippen LogP contribution is 2.22. The van der Waals surface area contributed by atoms with Crippen molar-refractivity contribution >= 4 is 11.9 Å². The molecule has 0 bridgehead atoms. The molecule has 0 radical (unpaired) electrons. The summed E-state index contributed by atoms with van der Waals surface area (Å²) in [5.74, 6) is -2.71. The maximum Gasteiger partial charge on any atom is 0.329 e. The van der Waals surface area contributed by atoms with E-state index in [4.69, 9.17) is 9.84 Å². The van der Waals surface area contributed by atoms with E-state index in [0.29, 0.717) is 0 Å². The molecule has 0 aliphatic carbocycles. The molecule has 19 heavy (non-hydrogen) atoms. The van der Waals surface area contributed by atoms with Gasteiger partial charge in [-0.25, -0.2) is 9.18 Å². The summed E-state index contributed by atoms with van der Waals surface area (Å²) < 4.78 is 18.6. The summed E-state index contributed by atoms with van der Waals surface area (Å²) in [5, 5.41) is 11.4. The zero-order valence-corrected chi connectivity index (χ0v) is 11.0. The number of methoxy groups -OCH3 is 1. The van der Waals surface area contributed by atoms with Gasteiger partial charge in [-0.1, -0.05) is 13.0 Å². The largest absolute Gasteiger partial charge is 0.496 e. The molecule has 0 aliphatic heterocycles. The van der Waals surface area contributed by atoms with E-state index in [0.717, 1.165) is 6.07 Å². The van der Waals surface area contributed by atoms with Crippen molar-refractivity contribution in [2.75, 3.05) is 7.11 Å². The highest BCUT2D eigenvalue weighted by atomic mass is 19.1. The Bertz CT molecular complexity index is 503. The average Bonchev–Trinajstić information content (AvgIpc) is 2.37. The van der Waals surface area contributed by atoms with Crippen LogP contribution in [0.4, 0.5) is 4.39 Å². The molecule has 0 fully saturated rings. The van der Waals surface area contributed by atoms with Gasteiger partial charge in [0, 0.05) is 0 Å². The van der Waals surface area contributed by atoms with Crippen molar-refractivity contribution in [2.24, 2.45) is 0 Å². The van der Waals surface area contributed by atoms with Crippen molar-refractivity contribution in [3.05, 3.63) is 29.6 Å². The fourth-order valence-corrected chi connectivity index (χ4v) is 1.50. The number of nitrogens with one attached hydrogen (secondary N) is 1. The lowest BCUT2D eigenvalue weighted by Gasteiger charge is -2.25. The van der Waals surface area contributed by atoms with Crippen LogP contribution in [0.5, 0.6) is 5.75 Å². The van der Waals surface area contributed by atoms with Gasteiger partial charge in [0.1, 0.15) is 22.7 Å². The topological polar surface area (TPSA) is 75.6 Å². The molecule has 6 heteroatoms. The number of carbonyl (C=O) groups is 2. The smallest absolute Gasteiger partial charge is 0.329 e. The Kier molecular flexibility index (Phi) is 4.47. The lowest BCUT2D eigenvalue weighted by molar-refractivity contribution is -0.143. The molecule has 1 rings (SSSR count). The van der Waals surface area contributed by atoms with Crippen molar-refractivity contribution in [2.45, 2.75) is 25.8 Å². The Morgan fingerprint density at radius 1 is 1.47 bits per heavy atom. The molecule has 0 saturated carbocycles. The maximum absolute atomic E-state index is 13.7. The second kappa shape index (κ2) is 5.69. The third-order valence-electron chi connectivity index (χ3n) is 2.99. The molecular weight excluding hydrogens is 253 g/mol. The monoisotopic (exact) mass is 269 g/mol. The minimum absolute atomic E-state index is 0.0568. The SMILES string of the molecule is CCC(C)(NC(=O)c1c(F)cccc1OC)C(=O)O. The molecule has 0 saturated heterocycles. The van der Waals surface area contributed by atoms with Gasteiger partial charge in [0.05, 0.1) is 7.11 Å². The van der Waals surface area contributed by atoms with Crippen LogP contribution in [0.25, 0.3) is 0 Å². The summed E-state index contributed by atoms with van der Waals surface area (Å²) in [5.41, 5.74) is -1.75. The van der Waals surface area contributed by atoms with Crippen molar-refractivity contribution in [3.8, 4) is 5.75 Å². The van der Waals surface area contributed by atoms with E-state index in [1.807, 2.05) is 0 Å². The third kappa shape index (κ3) is 3.01. The van der Waals surface area contributed by atoms with Crippen LogP contribution in [-0.2, 0) is 4.79 Å². The number of benzene rings is 1. The van der Waals surface area contributed by atoms with Gasteiger partial charge in [0.15, 0.2) is 0 Å². The summed E-state index contributed by atoms with van der Waals surface area (Å²) in [6.45, 7) is 2.98. The van der Waals surface area contributed by atoms with Crippen LogP contribution in [0.2, 0.25) is 0 Å². The molecule has 104 valence electrons. The second-order valence-electron chi connectivity index (χ2n) is 4.26. The maximum atomic E-state index is 13.7. The lowest BCUT2D eigenvalue weighted by Crippen LogP contribution is -2.51. The van der Waals surface area contributed by atoms with Crippen molar-refractivity contribution in [1.82, 2.24) is 5.32 Å². The molecule has 1 aromatic carbocycles. The number of carboxylic acid groups (broad SMARTS) is 1. The minimum Gasteiger partial charge on any atom is -0.496 e. The molecule has 0 aliphatic rings. The van der Waals surface area contributed by atoms with Gasteiger partial charge in [0.25, 0.3) is 5.91 Å². The van der Waals surface area contributed by atoms with E-state index in [1.54, 1.807) is 6.92 Å². The quantitative estimate of drug-likeness (QED) is 0.855. The summed E-state index contributed by atoms with van der Waals surface area (Å²) in [7, 11) is 1.31. The normalized spacial score (nSPS) is 13.5. The van der Waals surface area contributed by atoms with E-state index in [-0.39, 0.29) is 17.7 Å². The van der Waals surface area contributed by atoms with Crippen LogP contribution in [0, 0.1) is 5.82 Å². The Morgan fingerprint density at radius 3 is 2.58 bits per heavy atom. The van der Waals surface area contributed by atoms with Gasteiger partial charge >= 0.3 is 5.97 Å². The van der Waals surface area contributed by atoms with Gasteiger partial charge < -0.3 is 15.2 Å². The first-order valence-electron chi connectivity index (χ1n) is 5.74. The Labute approximate surface area is 110 Å². The van der Waals surface area contributed by atoms with E-state index in [1.165, 1.54) is 26.2 Å². The van der Waals surface area contributed by atoms with Crippen LogP contribution in [0.3, 0.4) is 0 Å². The first-order chi connectivity index (χ1) is 8.85. The molecule has 1 aromatic rings. The number of hydrogen-bond acceptors (Lipinski definition) is 3. The zero-order valence-electron chi connectivity index (χ0n) is 11.0. The number of amides is 1. The Morgan fingerprint density at radius 2 is 2.11 bits per heavy atom. The highest BCUT2D eigenvalue weighted by Gasteiger charge is 2.34. The summed E-state index contributed by atoms with van der Waals surface area (Å²) in [4.78, 5) is 23.1. The van der Waals surface area contributed by atoms with Crippen LogP contribution in [0.1, 0.15) is 30.6 Å². The van der Waals surface area contributed by atoms with Crippen LogP contribution >= 0.6 is 0 Å². The minimum atomic E-state index is -1.45. The molecule has 1 amide bonds. The zero-order chi connectivity index (χ0) is 14.6. The van der Waals surface area contributed by atoms with Crippen LogP contribution < -0.4 is 10.1 Å². The summed E-state index contributed by atoms with van der Waals surface area (Å²) >= 11 is 0. The third-order valence-corrected chi connectivity index (χ3v) is 2.99. The molecule has 0 spiro atoms. The number of hydrogen-bond donors (Lipinski definition) is 2. The fraction of sp³-hybridized carbons (Fsp3) is 0.385. The average molecular weight is 269 g/mol. The first kappa shape index (κ1) is 14.9. The van der Waals surface area contributed by atoms with Crippen molar-refractivity contribution in [3.63, 3.8) is 0 Å². The van der Waals surface area contributed by atoms with Gasteiger partial charge in [-0.05, 0) is 25.5 Å². The highest BCUT2D eigenvalue weighted by molar-refractivity contribution is 6.00. The van der Waals surface area contributed by atoms with E-state index in [9.17, 15) is 14.0 Å². The van der Waals surface area contributed by atoms with Crippen LogP contribution in [-0.4, -0.2) is 29.6 Å². The molecule has 1 unspecified atom stereocenters. The van der Waals surface area contributed by atoms with Crippen molar-refractivity contribution < 1.29 is 23.8 Å². The molecule has 0 heterocycles. The van der Waals surface area contributed by atoms with Crippen molar-refractivity contribution in [1.29, 1.82) is 0 Å². The molecule has 2 N–H and O–H groups in total. The summed E-state index contributed by atoms with van der Waals surface area (Å²) in [6.07, 6.45) is 0.171. The standard InChI is InChI=1S/C13H16FNO4/c1-4-13(2,12(17)18)15-11(16)10-8(14)6-5-7-9(10)19-3/h5-7H,4H2,1-3H3,(H,15,16)(H,17,18). The lowest BCUT2D eigenvalue weighted by atomic mass is 9.98. The van der Waals surface area contributed by atoms with E-state index in [2.05, 4.69) is 5.32 Å². The van der Waals surface area contributed by atoms with Crippen LogP contribution in [0.15, 0.2) is 18.2 Å². The number of carboxylic acids is 1. The van der Waals surface area contributed by atoms with Gasteiger partial charge in [-0.3, -0.25) is 4.79 Å². The second-order valence-corrected chi connectivity index (χ2v) is 4.26. The predicted octanol–water partition coefficient (Wildman–Crippen LogP) is 1.82. The Balaban J connectivity index is 3.12.